The number of amides is 1. The van der Waals surface area contributed by atoms with Gasteiger partial charge in [0, 0.05) is 12.2 Å². The number of aryl methyl sites for hydroxylation is 2. The summed E-state index contributed by atoms with van der Waals surface area (Å²) in [6.07, 6.45) is 2.96. The number of carbonyl (C=O) groups excluding carboxylic acids is 1. The van der Waals surface area contributed by atoms with Gasteiger partial charge in [0.2, 0.25) is 5.88 Å². The molecule has 1 aliphatic rings. The van der Waals surface area contributed by atoms with Crippen LogP contribution < -0.4 is 15.6 Å². The first-order valence-corrected chi connectivity index (χ1v) is 12.8. The summed E-state index contributed by atoms with van der Waals surface area (Å²) in [6, 6.07) is 10.2. The minimum absolute atomic E-state index is 0.0212. The number of benzene rings is 1. The molecule has 0 saturated carbocycles. The average Bonchev–Trinajstić information content (AvgIpc) is 3.15. The summed E-state index contributed by atoms with van der Waals surface area (Å²) in [5.41, 5.74) is 2.03. The molecule has 0 radical (unpaired) electrons. The second kappa shape index (κ2) is 9.35. The van der Waals surface area contributed by atoms with Crippen molar-refractivity contribution in [2.45, 2.75) is 33.2 Å². The van der Waals surface area contributed by atoms with Crippen LogP contribution in [0.5, 0.6) is 11.6 Å². The largest absolute Gasteiger partial charge is 0.438 e. The smallest absolute Gasteiger partial charge is 0.269 e. The number of carbonyl (C=O) groups is 1. The maximum atomic E-state index is 13.4. The Hall–Kier alpha value is -3.97. The molecule has 1 unspecified atom stereocenters. The highest BCUT2D eigenvalue weighted by atomic mass is 32.2. The highest BCUT2D eigenvalue weighted by Gasteiger charge is 2.30. The van der Waals surface area contributed by atoms with Crippen LogP contribution in [-0.2, 0) is 14.6 Å². The zero-order chi connectivity index (χ0) is 25.3. The Morgan fingerprint density at radius 1 is 1.23 bits per heavy atom. The maximum absolute atomic E-state index is 13.4. The van der Waals surface area contributed by atoms with Crippen LogP contribution in [0.4, 0.5) is 0 Å². The molecule has 1 saturated heterocycles. The monoisotopic (exact) mass is 492 g/mol. The fourth-order valence-corrected chi connectivity index (χ4v) is 5.57. The van der Waals surface area contributed by atoms with Crippen LogP contribution in [0.1, 0.15) is 28.7 Å². The number of nitrogens with one attached hydrogen (secondary N) is 1. The molecule has 10 heteroatoms. The van der Waals surface area contributed by atoms with Crippen molar-refractivity contribution in [3.8, 4) is 17.7 Å². The summed E-state index contributed by atoms with van der Waals surface area (Å²) in [4.78, 5) is 30.7. The number of aromatic nitrogens is 2. The van der Waals surface area contributed by atoms with E-state index in [0.717, 1.165) is 22.8 Å². The lowest BCUT2D eigenvalue weighted by Crippen LogP contribution is -2.36. The topological polar surface area (TPSA) is 131 Å². The molecule has 9 nitrogen and oxygen atoms in total. The van der Waals surface area contributed by atoms with Gasteiger partial charge in [0.05, 0.1) is 11.5 Å². The normalized spacial score (nSPS) is 17.2. The first kappa shape index (κ1) is 24.2. The van der Waals surface area contributed by atoms with Crippen molar-refractivity contribution in [1.82, 2.24) is 14.7 Å². The molecule has 2 aromatic heterocycles. The van der Waals surface area contributed by atoms with Crippen molar-refractivity contribution in [3.63, 3.8) is 0 Å². The third-order valence-electron chi connectivity index (χ3n) is 6.03. The second-order valence-corrected chi connectivity index (χ2v) is 10.8. The van der Waals surface area contributed by atoms with Crippen molar-refractivity contribution < 1.29 is 17.9 Å². The molecule has 3 aromatic rings. The van der Waals surface area contributed by atoms with E-state index in [9.17, 15) is 23.3 Å². The van der Waals surface area contributed by atoms with Crippen LogP contribution in [0, 0.1) is 32.1 Å². The molecule has 1 aliphatic heterocycles. The molecule has 35 heavy (non-hydrogen) atoms. The Bertz CT molecular complexity index is 1580. The Kier molecular flexibility index (Phi) is 6.45. The number of hydrogen-bond acceptors (Lipinski definition) is 7. The van der Waals surface area contributed by atoms with Crippen LogP contribution in [0.15, 0.2) is 46.9 Å². The Morgan fingerprint density at radius 2 is 1.97 bits per heavy atom. The summed E-state index contributed by atoms with van der Waals surface area (Å²) < 4.78 is 30.8. The highest BCUT2D eigenvalue weighted by molar-refractivity contribution is 7.91. The van der Waals surface area contributed by atoms with E-state index in [1.165, 1.54) is 4.40 Å². The zero-order valence-electron chi connectivity index (χ0n) is 19.5. The van der Waals surface area contributed by atoms with E-state index in [-0.39, 0.29) is 34.9 Å². The summed E-state index contributed by atoms with van der Waals surface area (Å²) in [7, 11) is -3.22. The van der Waals surface area contributed by atoms with Gasteiger partial charge < -0.3 is 10.1 Å². The van der Waals surface area contributed by atoms with E-state index in [2.05, 4.69) is 10.3 Å². The van der Waals surface area contributed by atoms with Gasteiger partial charge in [0.1, 0.15) is 28.6 Å². The third kappa shape index (κ3) is 4.95. The first-order valence-electron chi connectivity index (χ1n) is 11.0. The number of pyridine rings is 1. The Morgan fingerprint density at radius 3 is 2.66 bits per heavy atom. The summed E-state index contributed by atoms with van der Waals surface area (Å²) in [6.45, 7) is 5.61. The minimum atomic E-state index is -3.22. The van der Waals surface area contributed by atoms with E-state index >= 15 is 0 Å². The van der Waals surface area contributed by atoms with Crippen LogP contribution in [0.25, 0.3) is 11.7 Å². The number of nitriles is 1. The first-order chi connectivity index (χ1) is 16.6. The van der Waals surface area contributed by atoms with Crippen molar-refractivity contribution in [2.75, 3.05) is 11.5 Å². The zero-order valence-corrected chi connectivity index (χ0v) is 20.3. The van der Waals surface area contributed by atoms with Gasteiger partial charge in [-0.05, 0) is 62.1 Å². The molecular weight excluding hydrogens is 468 g/mol. The molecule has 180 valence electrons. The van der Waals surface area contributed by atoms with E-state index < -0.39 is 27.3 Å². The predicted octanol–water partition coefficient (Wildman–Crippen LogP) is 2.62. The quantitative estimate of drug-likeness (QED) is 0.428. The molecule has 0 spiro atoms. The SMILES string of the molecule is Cc1cccc(Oc2nc3c(C)cccn3c(=O)c2/C=C(\C#N)C(=O)NC2CCS(=O)(=O)C2)c1C. The van der Waals surface area contributed by atoms with E-state index in [1.54, 1.807) is 18.3 Å². The second-order valence-electron chi connectivity index (χ2n) is 8.56. The van der Waals surface area contributed by atoms with Gasteiger partial charge in [0.15, 0.2) is 9.84 Å². The number of fused-ring (bicyclic) bond motifs is 1. The van der Waals surface area contributed by atoms with Gasteiger partial charge in [-0.1, -0.05) is 18.2 Å². The van der Waals surface area contributed by atoms with Gasteiger partial charge in [-0.15, -0.1) is 0 Å². The lowest BCUT2D eigenvalue weighted by Gasteiger charge is -2.14. The average molecular weight is 493 g/mol. The number of rotatable bonds is 5. The Balaban J connectivity index is 1.82. The van der Waals surface area contributed by atoms with Gasteiger partial charge >= 0.3 is 0 Å². The minimum Gasteiger partial charge on any atom is -0.438 e. The highest BCUT2D eigenvalue weighted by Crippen LogP contribution is 2.28. The summed E-state index contributed by atoms with van der Waals surface area (Å²) in [5.74, 6) is -0.517. The standard InChI is InChI=1S/C25H24N4O5S/c1-15-6-4-8-21(17(15)3)34-24-20(25(31)29-10-5-7-16(2)22(29)28-24)12-18(13-26)23(30)27-19-9-11-35(32,33)14-19/h4-8,10,12,19H,9,11,14H2,1-3H3,(H,27,30)/b18-12+. The fraction of sp³-hybridized carbons (Fsp3) is 0.280. The van der Waals surface area contributed by atoms with Crippen molar-refractivity contribution in [2.24, 2.45) is 0 Å². The van der Waals surface area contributed by atoms with Gasteiger partial charge in [-0.2, -0.15) is 10.2 Å². The molecule has 0 bridgehead atoms. The molecule has 3 heterocycles. The number of sulfone groups is 1. The van der Waals surface area contributed by atoms with Gasteiger partial charge in [-0.25, -0.2) is 8.42 Å². The molecule has 1 fully saturated rings. The van der Waals surface area contributed by atoms with E-state index in [1.807, 2.05) is 45.0 Å². The Labute approximate surface area is 202 Å². The van der Waals surface area contributed by atoms with Crippen molar-refractivity contribution in [3.05, 3.63) is 74.7 Å². The summed E-state index contributed by atoms with van der Waals surface area (Å²) in [5, 5.41) is 12.3. The van der Waals surface area contributed by atoms with Crippen molar-refractivity contribution >= 4 is 27.5 Å². The lowest BCUT2D eigenvalue weighted by molar-refractivity contribution is -0.117. The fourth-order valence-electron chi connectivity index (χ4n) is 3.90. The predicted molar refractivity (Wildman–Crippen MR) is 131 cm³/mol. The van der Waals surface area contributed by atoms with E-state index in [4.69, 9.17) is 4.74 Å². The molecule has 0 aliphatic carbocycles. The number of ether oxygens (including phenoxy) is 1. The third-order valence-corrected chi connectivity index (χ3v) is 7.80. The molecule has 1 amide bonds. The lowest BCUT2D eigenvalue weighted by atomic mass is 10.1. The number of nitrogens with zero attached hydrogens (tertiary/aromatic N) is 3. The van der Waals surface area contributed by atoms with Gasteiger partial charge in [0.25, 0.3) is 11.5 Å². The summed E-state index contributed by atoms with van der Waals surface area (Å²) >= 11 is 0. The van der Waals surface area contributed by atoms with Crippen LogP contribution in [0.2, 0.25) is 0 Å². The van der Waals surface area contributed by atoms with Crippen LogP contribution >= 0.6 is 0 Å². The molecule has 1 N–H and O–H groups in total. The molecule has 1 atom stereocenters. The maximum Gasteiger partial charge on any atom is 0.269 e. The molecule has 1 aromatic carbocycles. The number of hydrogen-bond donors (Lipinski definition) is 1. The van der Waals surface area contributed by atoms with Gasteiger partial charge in [-0.3, -0.25) is 14.0 Å². The van der Waals surface area contributed by atoms with Crippen LogP contribution in [-0.4, -0.2) is 41.3 Å². The molecular formula is C25H24N4O5S. The van der Waals surface area contributed by atoms with Crippen LogP contribution in [0.3, 0.4) is 0 Å². The molecule has 4 rings (SSSR count). The van der Waals surface area contributed by atoms with E-state index in [0.29, 0.717) is 11.4 Å². The van der Waals surface area contributed by atoms with Crippen molar-refractivity contribution in [1.29, 1.82) is 5.26 Å².